The van der Waals surface area contributed by atoms with Gasteiger partial charge in [0.05, 0.1) is 7.11 Å². The molecule has 0 saturated carbocycles. The van der Waals surface area contributed by atoms with Gasteiger partial charge in [-0.25, -0.2) is 4.98 Å². The Kier molecular flexibility index (Phi) is 6.10. The number of para-hydroxylation sites is 2. The van der Waals surface area contributed by atoms with Gasteiger partial charge in [0.2, 0.25) is 5.95 Å². The molecule has 2 heterocycles. The summed E-state index contributed by atoms with van der Waals surface area (Å²) >= 11 is 0. The molecular formula is C23H27N5O. The van der Waals surface area contributed by atoms with Crippen molar-refractivity contribution >= 4 is 17.5 Å². The van der Waals surface area contributed by atoms with Gasteiger partial charge in [-0.2, -0.15) is 4.98 Å². The Morgan fingerprint density at radius 2 is 1.62 bits per heavy atom. The molecule has 0 unspecified atom stereocenters. The minimum Gasteiger partial charge on any atom is -0.496 e. The molecule has 150 valence electrons. The summed E-state index contributed by atoms with van der Waals surface area (Å²) in [6.45, 7) is 4.56. The highest BCUT2D eigenvalue weighted by Crippen LogP contribution is 2.20. The van der Waals surface area contributed by atoms with Crippen LogP contribution in [-0.4, -0.2) is 49.8 Å². The van der Waals surface area contributed by atoms with E-state index in [0.29, 0.717) is 0 Å². The average molecular weight is 390 g/mol. The first kappa shape index (κ1) is 19.1. The fraction of sp³-hybridized carbons (Fsp3) is 0.304. The van der Waals surface area contributed by atoms with Gasteiger partial charge in [0.25, 0.3) is 0 Å². The summed E-state index contributed by atoms with van der Waals surface area (Å²) in [5.41, 5.74) is 2.47. The summed E-state index contributed by atoms with van der Waals surface area (Å²) in [4.78, 5) is 13.9. The van der Waals surface area contributed by atoms with E-state index in [1.807, 2.05) is 30.5 Å². The first-order valence-corrected chi connectivity index (χ1v) is 10.1. The summed E-state index contributed by atoms with van der Waals surface area (Å²) in [5, 5.41) is 3.41. The highest BCUT2D eigenvalue weighted by Gasteiger charge is 2.19. The number of ether oxygens (including phenoxy) is 1. The van der Waals surface area contributed by atoms with Gasteiger partial charge in [-0.05, 0) is 36.2 Å². The third kappa shape index (κ3) is 4.77. The summed E-state index contributed by atoms with van der Waals surface area (Å²) in [6.07, 6.45) is 2.70. The number of rotatable bonds is 7. The van der Waals surface area contributed by atoms with E-state index in [4.69, 9.17) is 9.72 Å². The van der Waals surface area contributed by atoms with Crippen LogP contribution in [-0.2, 0) is 6.42 Å². The van der Waals surface area contributed by atoms with Crippen molar-refractivity contribution in [1.82, 2.24) is 9.97 Å². The Labute approximate surface area is 172 Å². The van der Waals surface area contributed by atoms with Crippen LogP contribution in [0.1, 0.15) is 5.56 Å². The lowest BCUT2D eigenvalue weighted by molar-refractivity contribution is 0.410. The van der Waals surface area contributed by atoms with E-state index in [-0.39, 0.29) is 0 Å². The number of methoxy groups -OCH3 is 1. The standard InChI is InChI=1S/C23H27N5O/c1-29-21-10-6-5-7-19(21)11-13-24-22-12-14-25-23(26-22)28-17-15-27(16-18-28)20-8-3-2-4-9-20/h2-10,12,14H,11,13,15-18H2,1H3,(H,24,25,26). The normalized spacial score (nSPS) is 14.0. The Balaban J connectivity index is 1.32. The molecule has 1 aliphatic rings. The molecule has 2 aromatic carbocycles. The summed E-state index contributed by atoms with van der Waals surface area (Å²) < 4.78 is 5.42. The second kappa shape index (κ2) is 9.28. The van der Waals surface area contributed by atoms with Crippen LogP contribution in [0.5, 0.6) is 5.75 Å². The largest absolute Gasteiger partial charge is 0.496 e. The van der Waals surface area contributed by atoms with Gasteiger partial charge in [0, 0.05) is 44.6 Å². The van der Waals surface area contributed by atoms with Gasteiger partial charge in [-0.1, -0.05) is 36.4 Å². The number of hydrogen-bond donors (Lipinski definition) is 1. The molecule has 1 N–H and O–H groups in total. The molecule has 6 nitrogen and oxygen atoms in total. The maximum Gasteiger partial charge on any atom is 0.227 e. The highest BCUT2D eigenvalue weighted by atomic mass is 16.5. The van der Waals surface area contributed by atoms with Crippen molar-refractivity contribution in [2.24, 2.45) is 0 Å². The average Bonchev–Trinajstić information content (AvgIpc) is 2.80. The van der Waals surface area contributed by atoms with Gasteiger partial charge < -0.3 is 19.9 Å². The molecule has 1 saturated heterocycles. The fourth-order valence-electron chi connectivity index (χ4n) is 3.64. The van der Waals surface area contributed by atoms with Gasteiger partial charge in [0.1, 0.15) is 11.6 Å². The van der Waals surface area contributed by atoms with Crippen LogP contribution in [0.15, 0.2) is 66.9 Å². The van der Waals surface area contributed by atoms with Crippen molar-refractivity contribution in [2.45, 2.75) is 6.42 Å². The number of aromatic nitrogens is 2. The van der Waals surface area contributed by atoms with Crippen LogP contribution < -0.4 is 19.9 Å². The Morgan fingerprint density at radius 3 is 2.41 bits per heavy atom. The fourth-order valence-corrected chi connectivity index (χ4v) is 3.64. The summed E-state index contributed by atoms with van der Waals surface area (Å²) in [5.74, 6) is 2.57. The first-order valence-electron chi connectivity index (χ1n) is 10.1. The minimum atomic E-state index is 0.790. The molecular weight excluding hydrogens is 362 g/mol. The zero-order valence-corrected chi connectivity index (χ0v) is 16.8. The quantitative estimate of drug-likeness (QED) is 0.668. The first-order chi connectivity index (χ1) is 14.3. The van der Waals surface area contributed by atoms with E-state index in [1.165, 1.54) is 11.3 Å². The summed E-state index contributed by atoms with van der Waals surface area (Å²) in [7, 11) is 1.71. The second-order valence-corrected chi connectivity index (χ2v) is 7.04. The van der Waals surface area contributed by atoms with E-state index in [2.05, 4.69) is 56.5 Å². The molecule has 0 atom stereocenters. The zero-order valence-electron chi connectivity index (χ0n) is 16.8. The molecule has 0 spiro atoms. The van der Waals surface area contributed by atoms with Crippen LogP contribution in [0.3, 0.4) is 0 Å². The van der Waals surface area contributed by atoms with Gasteiger partial charge in [-0.3, -0.25) is 0 Å². The SMILES string of the molecule is COc1ccccc1CCNc1ccnc(N2CCN(c3ccccc3)CC2)n1. The smallest absolute Gasteiger partial charge is 0.227 e. The molecule has 0 amide bonds. The predicted octanol–water partition coefficient (Wildman–Crippen LogP) is 3.47. The van der Waals surface area contributed by atoms with E-state index in [9.17, 15) is 0 Å². The van der Waals surface area contributed by atoms with E-state index < -0.39 is 0 Å². The molecule has 0 bridgehead atoms. The number of anilines is 3. The number of piperazine rings is 1. The molecule has 1 aliphatic heterocycles. The Morgan fingerprint density at radius 1 is 0.897 bits per heavy atom. The van der Waals surface area contributed by atoms with Gasteiger partial charge >= 0.3 is 0 Å². The summed E-state index contributed by atoms with van der Waals surface area (Å²) in [6, 6.07) is 20.6. The third-order valence-electron chi connectivity index (χ3n) is 5.22. The topological polar surface area (TPSA) is 53.5 Å². The van der Waals surface area contributed by atoms with Crippen LogP contribution in [0.25, 0.3) is 0 Å². The second-order valence-electron chi connectivity index (χ2n) is 7.04. The molecule has 0 radical (unpaired) electrons. The number of hydrogen-bond acceptors (Lipinski definition) is 6. The van der Waals surface area contributed by atoms with Crippen molar-refractivity contribution < 1.29 is 4.74 Å². The lowest BCUT2D eigenvalue weighted by Gasteiger charge is -2.36. The zero-order chi connectivity index (χ0) is 19.9. The van der Waals surface area contributed by atoms with Crippen molar-refractivity contribution in [1.29, 1.82) is 0 Å². The van der Waals surface area contributed by atoms with E-state index >= 15 is 0 Å². The minimum absolute atomic E-state index is 0.790. The monoisotopic (exact) mass is 389 g/mol. The van der Waals surface area contributed by atoms with Crippen molar-refractivity contribution in [3.05, 3.63) is 72.4 Å². The lowest BCUT2D eigenvalue weighted by atomic mass is 10.1. The maximum absolute atomic E-state index is 5.42. The molecule has 3 aromatic rings. The van der Waals surface area contributed by atoms with E-state index in [0.717, 1.165) is 56.7 Å². The van der Waals surface area contributed by atoms with E-state index in [1.54, 1.807) is 7.11 Å². The predicted molar refractivity (Wildman–Crippen MR) is 118 cm³/mol. The van der Waals surface area contributed by atoms with Gasteiger partial charge in [-0.15, -0.1) is 0 Å². The number of nitrogens with one attached hydrogen (secondary N) is 1. The highest BCUT2D eigenvalue weighted by molar-refractivity contribution is 5.49. The Hall–Kier alpha value is -3.28. The van der Waals surface area contributed by atoms with Crippen LogP contribution in [0.4, 0.5) is 17.5 Å². The van der Waals surface area contributed by atoms with Crippen molar-refractivity contribution in [2.75, 3.05) is 55.0 Å². The lowest BCUT2D eigenvalue weighted by Crippen LogP contribution is -2.47. The molecule has 4 rings (SSSR count). The molecule has 6 heteroatoms. The molecule has 1 fully saturated rings. The third-order valence-corrected chi connectivity index (χ3v) is 5.22. The number of benzene rings is 2. The van der Waals surface area contributed by atoms with Crippen molar-refractivity contribution in [3.63, 3.8) is 0 Å². The molecule has 1 aromatic heterocycles. The van der Waals surface area contributed by atoms with Crippen LogP contribution in [0, 0.1) is 0 Å². The van der Waals surface area contributed by atoms with Crippen LogP contribution >= 0.6 is 0 Å². The Bertz CT molecular complexity index is 910. The maximum atomic E-state index is 5.42. The molecule has 0 aliphatic carbocycles. The molecule has 29 heavy (non-hydrogen) atoms. The van der Waals surface area contributed by atoms with Crippen molar-refractivity contribution in [3.8, 4) is 5.75 Å². The van der Waals surface area contributed by atoms with Gasteiger partial charge in [0.15, 0.2) is 0 Å². The number of nitrogens with zero attached hydrogens (tertiary/aromatic N) is 4. The van der Waals surface area contributed by atoms with Crippen LogP contribution in [0.2, 0.25) is 0 Å².